The second-order valence-corrected chi connectivity index (χ2v) is 6.84. The molecule has 0 saturated heterocycles. The molecular weight excluding hydrogens is 220 g/mol. The SMILES string of the molecule is CCCC(C)(CO)Cc1ccc(C(C)(C)C)cc1. The monoisotopic (exact) mass is 248 g/mol. The number of aliphatic hydroxyl groups excluding tert-OH is 1. The second kappa shape index (κ2) is 5.88. The molecule has 0 heterocycles. The molecule has 1 aromatic carbocycles. The van der Waals surface area contributed by atoms with Crippen LogP contribution in [0.2, 0.25) is 0 Å². The van der Waals surface area contributed by atoms with E-state index in [9.17, 15) is 5.11 Å². The molecule has 1 nitrogen and oxygen atoms in total. The summed E-state index contributed by atoms with van der Waals surface area (Å²) in [5.74, 6) is 0. The van der Waals surface area contributed by atoms with Crippen LogP contribution in [0.25, 0.3) is 0 Å². The van der Waals surface area contributed by atoms with Crippen molar-refractivity contribution in [2.45, 2.75) is 59.3 Å². The van der Waals surface area contributed by atoms with Crippen LogP contribution < -0.4 is 0 Å². The van der Waals surface area contributed by atoms with Crippen molar-refractivity contribution in [2.75, 3.05) is 6.61 Å². The molecule has 1 atom stereocenters. The summed E-state index contributed by atoms with van der Waals surface area (Å²) in [6, 6.07) is 8.87. The Morgan fingerprint density at radius 3 is 1.94 bits per heavy atom. The Morgan fingerprint density at radius 2 is 1.56 bits per heavy atom. The summed E-state index contributed by atoms with van der Waals surface area (Å²) in [7, 11) is 0. The third-order valence-corrected chi connectivity index (χ3v) is 3.69. The first-order chi connectivity index (χ1) is 8.30. The quantitative estimate of drug-likeness (QED) is 0.822. The molecule has 0 saturated carbocycles. The first kappa shape index (κ1) is 15.2. The lowest BCUT2D eigenvalue weighted by Gasteiger charge is -2.27. The molecule has 18 heavy (non-hydrogen) atoms. The lowest BCUT2D eigenvalue weighted by Crippen LogP contribution is -2.24. The summed E-state index contributed by atoms with van der Waals surface area (Å²) in [4.78, 5) is 0. The van der Waals surface area contributed by atoms with Crippen molar-refractivity contribution >= 4 is 0 Å². The highest BCUT2D eigenvalue weighted by atomic mass is 16.3. The van der Waals surface area contributed by atoms with Gasteiger partial charge in [-0.15, -0.1) is 0 Å². The van der Waals surface area contributed by atoms with Crippen LogP contribution in [-0.4, -0.2) is 11.7 Å². The normalized spacial score (nSPS) is 15.4. The average Bonchev–Trinajstić information content (AvgIpc) is 2.29. The largest absolute Gasteiger partial charge is 0.396 e. The number of rotatable bonds is 5. The molecule has 0 aromatic heterocycles. The van der Waals surface area contributed by atoms with Gasteiger partial charge < -0.3 is 5.11 Å². The van der Waals surface area contributed by atoms with E-state index in [2.05, 4.69) is 58.9 Å². The number of aliphatic hydroxyl groups is 1. The molecular formula is C17H28O. The molecule has 0 aliphatic heterocycles. The maximum atomic E-state index is 9.56. The van der Waals surface area contributed by atoms with E-state index in [1.54, 1.807) is 0 Å². The summed E-state index contributed by atoms with van der Waals surface area (Å²) >= 11 is 0. The molecule has 102 valence electrons. The summed E-state index contributed by atoms with van der Waals surface area (Å²) in [5, 5.41) is 9.56. The van der Waals surface area contributed by atoms with Crippen molar-refractivity contribution < 1.29 is 5.11 Å². The maximum Gasteiger partial charge on any atom is 0.0487 e. The molecule has 0 spiro atoms. The van der Waals surface area contributed by atoms with Gasteiger partial charge >= 0.3 is 0 Å². The third kappa shape index (κ3) is 4.13. The molecule has 0 fully saturated rings. The van der Waals surface area contributed by atoms with E-state index in [1.165, 1.54) is 11.1 Å². The lowest BCUT2D eigenvalue weighted by atomic mass is 9.79. The lowest BCUT2D eigenvalue weighted by molar-refractivity contribution is 0.131. The Balaban J connectivity index is 2.80. The highest BCUT2D eigenvalue weighted by Crippen LogP contribution is 2.29. The first-order valence-corrected chi connectivity index (χ1v) is 7.01. The van der Waals surface area contributed by atoms with Gasteiger partial charge in [0.15, 0.2) is 0 Å². The minimum atomic E-state index is 0.0258. The van der Waals surface area contributed by atoms with E-state index in [0.29, 0.717) is 0 Å². The fourth-order valence-electron chi connectivity index (χ4n) is 2.44. The van der Waals surface area contributed by atoms with Gasteiger partial charge in [-0.25, -0.2) is 0 Å². The van der Waals surface area contributed by atoms with Crippen molar-refractivity contribution in [3.63, 3.8) is 0 Å². The summed E-state index contributed by atoms with van der Waals surface area (Å²) in [6.07, 6.45) is 3.16. The van der Waals surface area contributed by atoms with Crippen molar-refractivity contribution in [1.29, 1.82) is 0 Å². The number of hydrogen-bond acceptors (Lipinski definition) is 1. The van der Waals surface area contributed by atoms with Crippen LogP contribution in [0.1, 0.15) is 58.6 Å². The molecule has 0 aliphatic carbocycles. The molecule has 0 radical (unpaired) electrons. The zero-order chi connectivity index (χ0) is 13.8. The van der Waals surface area contributed by atoms with E-state index >= 15 is 0 Å². The van der Waals surface area contributed by atoms with Crippen molar-refractivity contribution in [3.05, 3.63) is 35.4 Å². The smallest absolute Gasteiger partial charge is 0.0487 e. The number of hydrogen-bond donors (Lipinski definition) is 1. The Bertz CT molecular complexity index is 358. The topological polar surface area (TPSA) is 20.2 Å². The van der Waals surface area contributed by atoms with Gasteiger partial charge in [0.1, 0.15) is 0 Å². The van der Waals surface area contributed by atoms with Crippen LogP contribution in [0, 0.1) is 5.41 Å². The van der Waals surface area contributed by atoms with Gasteiger partial charge in [0.05, 0.1) is 0 Å². The summed E-state index contributed by atoms with van der Waals surface area (Å²) in [6.45, 7) is 11.3. The maximum absolute atomic E-state index is 9.56. The van der Waals surface area contributed by atoms with Crippen LogP contribution in [0.15, 0.2) is 24.3 Å². The fraction of sp³-hybridized carbons (Fsp3) is 0.647. The molecule has 1 rings (SSSR count). The zero-order valence-electron chi connectivity index (χ0n) is 12.6. The van der Waals surface area contributed by atoms with E-state index < -0.39 is 0 Å². The summed E-state index contributed by atoms with van der Waals surface area (Å²) in [5.41, 5.74) is 2.93. The third-order valence-electron chi connectivity index (χ3n) is 3.69. The van der Waals surface area contributed by atoms with E-state index in [4.69, 9.17) is 0 Å². The fourth-order valence-corrected chi connectivity index (χ4v) is 2.44. The standard InChI is InChI=1S/C17H28O/c1-6-11-17(5,13-18)12-14-7-9-15(10-8-14)16(2,3)4/h7-10,18H,6,11-13H2,1-5H3. The average molecular weight is 248 g/mol. The predicted molar refractivity (Wildman–Crippen MR) is 78.9 cm³/mol. The Labute approximate surface area is 112 Å². The molecule has 1 unspecified atom stereocenters. The van der Waals surface area contributed by atoms with Crippen LogP contribution in [0.3, 0.4) is 0 Å². The predicted octanol–water partition coefficient (Wildman–Crippen LogP) is 4.33. The Morgan fingerprint density at radius 1 is 1.00 bits per heavy atom. The van der Waals surface area contributed by atoms with Crippen LogP contribution >= 0.6 is 0 Å². The van der Waals surface area contributed by atoms with Crippen molar-refractivity contribution in [3.8, 4) is 0 Å². The highest BCUT2D eigenvalue weighted by Gasteiger charge is 2.23. The van der Waals surface area contributed by atoms with Crippen molar-refractivity contribution in [2.24, 2.45) is 5.41 Å². The molecule has 0 aliphatic rings. The van der Waals surface area contributed by atoms with Gasteiger partial charge in [0.25, 0.3) is 0 Å². The molecule has 1 heteroatoms. The minimum absolute atomic E-state index is 0.0258. The minimum Gasteiger partial charge on any atom is -0.396 e. The van der Waals surface area contributed by atoms with E-state index in [-0.39, 0.29) is 17.4 Å². The number of benzene rings is 1. The van der Waals surface area contributed by atoms with Crippen LogP contribution in [0.5, 0.6) is 0 Å². The van der Waals surface area contributed by atoms with Gasteiger partial charge in [-0.05, 0) is 34.8 Å². The molecule has 0 amide bonds. The summed E-state index contributed by atoms with van der Waals surface area (Å²) < 4.78 is 0. The Hall–Kier alpha value is -0.820. The molecule has 0 bridgehead atoms. The first-order valence-electron chi connectivity index (χ1n) is 7.01. The van der Waals surface area contributed by atoms with Crippen molar-refractivity contribution in [1.82, 2.24) is 0 Å². The zero-order valence-corrected chi connectivity index (χ0v) is 12.6. The van der Waals surface area contributed by atoms with Gasteiger partial charge in [0, 0.05) is 6.61 Å². The second-order valence-electron chi connectivity index (χ2n) is 6.84. The van der Waals surface area contributed by atoms with E-state index in [1.807, 2.05) is 0 Å². The van der Waals surface area contributed by atoms with Gasteiger partial charge in [0.2, 0.25) is 0 Å². The van der Waals surface area contributed by atoms with Gasteiger partial charge in [-0.2, -0.15) is 0 Å². The van der Waals surface area contributed by atoms with Crippen LogP contribution in [-0.2, 0) is 11.8 Å². The van der Waals surface area contributed by atoms with Gasteiger partial charge in [-0.3, -0.25) is 0 Å². The Kier molecular flexibility index (Phi) is 4.98. The molecule has 1 aromatic rings. The van der Waals surface area contributed by atoms with E-state index in [0.717, 1.165) is 19.3 Å². The molecule has 1 N–H and O–H groups in total. The van der Waals surface area contributed by atoms with Crippen LogP contribution in [0.4, 0.5) is 0 Å². The highest BCUT2D eigenvalue weighted by molar-refractivity contribution is 5.28. The van der Waals surface area contributed by atoms with Gasteiger partial charge in [-0.1, -0.05) is 65.3 Å².